The summed E-state index contributed by atoms with van der Waals surface area (Å²) in [5, 5.41) is 0. The van der Waals surface area contributed by atoms with Crippen molar-refractivity contribution in [2.24, 2.45) is 0 Å². The van der Waals surface area contributed by atoms with Gasteiger partial charge in [-0.3, -0.25) is 4.90 Å². The molecule has 0 radical (unpaired) electrons. The molecule has 80 valence electrons. The average Bonchev–Trinajstić information content (AvgIpc) is 2.61. The number of anilines is 1. The van der Waals surface area contributed by atoms with Gasteiger partial charge in [0, 0.05) is 25.3 Å². The molecule has 0 saturated carbocycles. The van der Waals surface area contributed by atoms with E-state index < -0.39 is 0 Å². The van der Waals surface area contributed by atoms with Crippen LogP contribution in [0.4, 0.5) is 14.9 Å². The van der Waals surface area contributed by atoms with E-state index >= 15 is 0 Å². The first-order valence-electron chi connectivity index (χ1n) is 5.04. The summed E-state index contributed by atoms with van der Waals surface area (Å²) in [7, 11) is 0. The van der Waals surface area contributed by atoms with Crippen molar-refractivity contribution in [1.82, 2.24) is 4.90 Å². The summed E-state index contributed by atoms with van der Waals surface area (Å²) >= 11 is 0. The topological polar surface area (TPSA) is 23.6 Å². The van der Waals surface area contributed by atoms with Crippen LogP contribution in [-0.2, 0) is 0 Å². The summed E-state index contributed by atoms with van der Waals surface area (Å²) in [6.07, 6.45) is 0. The zero-order valence-corrected chi connectivity index (χ0v) is 8.61. The zero-order valence-electron chi connectivity index (χ0n) is 8.61. The van der Waals surface area contributed by atoms with Gasteiger partial charge in [0.05, 0.1) is 0 Å². The van der Waals surface area contributed by atoms with Crippen LogP contribution in [0.5, 0.6) is 0 Å². The first kappa shape index (κ1) is 9.96. The molecule has 1 aliphatic rings. The second kappa shape index (κ2) is 3.88. The molecule has 1 aliphatic heterocycles. The molecule has 3 nitrogen and oxygen atoms in total. The lowest BCUT2D eigenvalue weighted by atomic mass is 10.3. The second-order valence-electron chi connectivity index (χ2n) is 3.49. The highest BCUT2D eigenvalue weighted by Crippen LogP contribution is 2.20. The summed E-state index contributed by atoms with van der Waals surface area (Å²) in [6.45, 7) is 4.09. The van der Waals surface area contributed by atoms with Crippen LogP contribution in [0, 0.1) is 5.82 Å². The van der Waals surface area contributed by atoms with Crippen LogP contribution in [0.15, 0.2) is 24.3 Å². The predicted octanol–water partition coefficient (Wildman–Crippen LogP) is 2.09. The third kappa shape index (κ3) is 1.79. The van der Waals surface area contributed by atoms with E-state index in [0.717, 1.165) is 18.8 Å². The number of likely N-dealkylation sites (N-methyl/N-ethyl adjacent to an activating group) is 1. The molecule has 0 N–H and O–H groups in total. The minimum Gasteiger partial charge on any atom is -0.323 e. The lowest BCUT2D eigenvalue weighted by Gasteiger charge is -2.17. The van der Waals surface area contributed by atoms with Gasteiger partial charge in [-0.25, -0.2) is 9.18 Å². The number of urea groups is 1. The number of rotatable bonds is 2. The fourth-order valence-electron chi connectivity index (χ4n) is 1.74. The quantitative estimate of drug-likeness (QED) is 0.730. The first-order chi connectivity index (χ1) is 7.22. The van der Waals surface area contributed by atoms with Crippen molar-refractivity contribution in [2.45, 2.75) is 6.92 Å². The number of carbonyl (C=O) groups excluding carboxylic acids is 1. The van der Waals surface area contributed by atoms with Gasteiger partial charge in [-0.1, -0.05) is 0 Å². The van der Waals surface area contributed by atoms with Gasteiger partial charge in [0.2, 0.25) is 0 Å². The van der Waals surface area contributed by atoms with Crippen LogP contribution in [0.25, 0.3) is 0 Å². The molecular weight excluding hydrogens is 195 g/mol. The second-order valence-corrected chi connectivity index (χ2v) is 3.49. The Morgan fingerprint density at radius 2 is 1.93 bits per heavy atom. The van der Waals surface area contributed by atoms with Gasteiger partial charge in [0.1, 0.15) is 5.82 Å². The summed E-state index contributed by atoms with van der Waals surface area (Å²) in [5.74, 6) is -0.280. The number of hydrogen-bond donors (Lipinski definition) is 0. The molecule has 0 atom stereocenters. The number of amides is 2. The largest absolute Gasteiger partial charge is 0.324 e. The first-order valence-corrected chi connectivity index (χ1v) is 5.04. The molecule has 1 aromatic carbocycles. The maximum absolute atomic E-state index is 12.7. The molecule has 1 heterocycles. The Balaban J connectivity index is 2.19. The molecule has 0 unspecified atom stereocenters. The van der Waals surface area contributed by atoms with E-state index in [2.05, 4.69) is 0 Å². The van der Waals surface area contributed by atoms with E-state index in [0.29, 0.717) is 6.54 Å². The van der Waals surface area contributed by atoms with Crippen molar-refractivity contribution in [3.05, 3.63) is 30.1 Å². The van der Waals surface area contributed by atoms with E-state index in [1.807, 2.05) is 6.92 Å². The Bertz CT molecular complexity index is 363. The molecule has 15 heavy (non-hydrogen) atoms. The van der Waals surface area contributed by atoms with Crippen LogP contribution >= 0.6 is 0 Å². The van der Waals surface area contributed by atoms with Gasteiger partial charge in [0.25, 0.3) is 0 Å². The van der Waals surface area contributed by atoms with Crippen molar-refractivity contribution in [3.63, 3.8) is 0 Å². The molecule has 0 bridgehead atoms. The SMILES string of the molecule is CCN1CCN(c2ccc(F)cc2)C1=O. The normalized spacial score (nSPS) is 16.3. The number of carbonyl (C=O) groups is 1. The Hall–Kier alpha value is -1.58. The molecule has 2 amide bonds. The third-order valence-corrected chi connectivity index (χ3v) is 2.61. The monoisotopic (exact) mass is 208 g/mol. The Morgan fingerprint density at radius 1 is 1.27 bits per heavy atom. The number of benzene rings is 1. The Kier molecular flexibility index (Phi) is 2.58. The Morgan fingerprint density at radius 3 is 2.47 bits per heavy atom. The average molecular weight is 208 g/mol. The lowest BCUT2D eigenvalue weighted by Crippen LogP contribution is -2.31. The molecule has 1 fully saturated rings. The molecule has 1 aromatic rings. The van der Waals surface area contributed by atoms with E-state index in [9.17, 15) is 9.18 Å². The van der Waals surface area contributed by atoms with Crippen molar-refractivity contribution < 1.29 is 9.18 Å². The summed E-state index contributed by atoms with van der Waals surface area (Å²) in [4.78, 5) is 15.2. The molecule has 2 rings (SSSR count). The molecule has 4 heteroatoms. The van der Waals surface area contributed by atoms with E-state index in [-0.39, 0.29) is 11.8 Å². The minimum atomic E-state index is -0.280. The highest BCUT2D eigenvalue weighted by Gasteiger charge is 2.27. The van der Waals surface area contributed by atoms with Crippen LogP contribution in [0.1, 0.15) is 6.92 Å². The van der Waals surface area contributed by atoms with Crippen LogP contribution in [0.3, 0.4) is 0 Å². The maximum Gasteiger partial charge on any atom is 0.324 e. The highest BCUT2D eigenvalue weighted by molar-refractivity contribution is 5.94. The third-order valence-electron chi connectivity index (χ3n) is 2.61. The predicted molar refractivity (Wildman–Crippen MR) is 56.4 cm³/mol. The molecule has 0 aromatic heterocycles. The lowest BCUT2D eigenvalue weighted by molar-refractivity contribution is 0.223. The summed E-state index contributed by atoms with van der Waals surface area (Å²) in [6, 6.07) is 6.01. The van der Waals surface area contributed by atoms with Crippen molar-refractivity contribution >= 4 is 11.7 Å². The molecule has 0 spiro atoms. The van der Waals surface area contributed by atoms with Crippen molar-refractivity contribution in [1.29, 1.82) is 0 Å². The highest BCUT2D eigenvalue weighted by atomic mass is 19.1. The standard InChI is InChI=1S/C11H13FN2O/c1-2-13-7-8-14(11(13)15)10-5-3-9(12)4-6-10/h3-6H,2,7-8H2,1H3. The van der Waals surface area contributed by atoms with Crippen LogP contribution < -0.4 is 4.90 Å². The number of halogens is 1. The zero-order chi connectivity index (χ0) is 10.8. The molecular formula is C11H13FN2O. The van der Waals surface area contributed by atoms with Gasteiger partial charge < -0.3 is 4.90 Å². The number of hydrogen-bond acceptors (Lipinski definition) is 1. The smallest absolute Gasteiger partial charge is 0.323 e. The van der Waals surface area contributed by atoms with Gasteiger partial charge in [-0.2, -0.15) is 0 Å². The van der Waals surface area contributed by atoms with E-state index in [1.54, 1.807) is 21.9 Å². The summed E-state index contributed by atoms with van der Waals surface area (Å²) in [5.41, 5.74) is 0.761. The fourth-order valence-corrected chi connectivity index (χ4v) is 1.74. The van der Waals surface area contributed by atoms with Crippen molar-refractivity contribution in [3.8, 4) is 0 Å². The summed E-state index contributed by atoms with van der Waals surface area (Å²) < 4.78 is 12.7. The van der Waals surface area contributed by atoms with Gasteiger partial charge >= 0.3 is 6.03 Å². The van der Waals surface area contributed by atoms with E-state index in [1.165, 1.54) is 12.1 Å². The maximum atomic E-state index is 12.7. The van der Waals surface area contributed by atoms with Crippen LogP contribution in [0.2, 0.25) is 0 Å². The fraction of sp³-hybridized carbons (Fsp3) is 0.364. The van der Waals surface area contributed by atoms with Gasteiger partial charge in [-0.15, -0.1) is 0 Å². The molecule has 1 saturated heterocycles. The Labute approximate surface area is 88.1 Å². The minimum absolute atomic E-state index is 0.00380. The van der Waals surface area contributed by atoms with Gasteiger partial charge in [0.15, 0.2) is 0 Å². The van der Waals surface area contributed by atoms with Crippen molar-refractivity contribution in [2.75, 3.05) is 24.5 Å². The molecule has 0 aliphatic carbocycles. The van der Waals surface area contributed by atoms with E-state index in [4.69, 9.17) is 0 Å². The van der Waals surface area contributed by atoms with Gasteiger partial charge in [-0.05, 0) is 31.2 Å². The van der Waals surface area contributed by atoms with Crippen LogP contribution in [-0.4, -0.2) is 30.6 Å². The number of nitrogens with zero attached hydrogens (tertiary/aromatic N) is 2.